The molecule has 0 radical (unpaired) electrons. The number of amides is 1. The molecule has 1 aromatic carbocycles. The topological polar surface area (TPSA) is 45.2 Å². The van der Waals surface area contributed by atoms with Crippen LogP contribution in [0.1, 0.15) is 19.8 Å². The lowest BCUT2D eigenvalue weighted by molar-refractivity contribution is -0.121. The number of hydrogen-bond donors (Lipinski definition) is 1. The number of fused-ring (bicyclic) bond motifs is 1. The number of carbonyl (C=O) groups excluding carboxylic acids is 1. The average Bonchev–Trinajstić information content (AvgIpc) is 2.49. The Morgan fingerprint density at radius 2 is 2.30 bits per heavy atom. The van der Waals surface area contributed by atoms with Crippen LogP contribution in [0.15, 0.2) is 36.5 Å². The lowest BCUT2D eigenvalue weighted by atomic mass is 10.0. The number of nitrogens with zero attached hydrogens (tertiary/aromatic N) is 2. The maximum Gasteiger partial charge on any atom is 0.244 e. The van der Waals surface area contributed by atoms with Crippen molar-refractivity contribution in [1.82, 2.24) is 10.3 Å². The normalized spacial score (nSPS) is 19.6. The molecule has 2 aromatic rings. The van der Waals surface area contributed by atoms with Gasteiger partial charge in [0.2, 0.25) is 5.91 Å². The van der Waals surface area contributed by atoms with Crippen molar-refractivity contribution in [3.8, 4) is 0 Å². The van der Waals surface area contributed by atoms with Gasteiger partial charge in [-0.15, -0.1) is 0 Å². The highest BCUT2D eigenvalue weighted by molar-refractivity contribution is 5.99. The second kappa shape index (κ2) is 5.59. The summed E-state index contributed by atoms with van der Waals surface area (Å²) in [4.78, 5) is 18.7. The van der Waals surface area contributed by atoms with E-state index in [-0.39, 0.29) is 11.9 Å². The van der Waals surface area contributed by atoms with Crippen LogP contribution in [0.2, 0.25) is 0 Å². The molecule has 3 rings (SSSR count). The number of rotatable bonds is 3. The van der Waals surface area contributed by atoms with Crippen LogP contribution in [0, 0.1) is 0 Å². The van der Waals surface area contributed by atoms with Gasteiger partial charge < -0.3 is 10.2 Å². The van der Waals surface area contributed by atoms with Crippen LogP contribution in [0.4, 0.5) is 5.69 Å². The van der Waals surface area contributed by atoms with Gasteiger partial charge in [0, 0.05) is 23.8 Å². The molecular formula is C16H19N3O. The molecule has 4 heteroatoms. The minimum absolute atomic E-state index is 0.0432. The van der Waals surface area contributed by atoms with E-state index in [1.54, 1.807) is 6.20 Å². The summed E-state index contributed by atoms with van der Waals surface area (Å²) in [5, 5.41) is 4.34. The van der Waals surface area contributed by atoms with Crippen molar-refractivity contribution in [1.29, 1.82) is 0 Å². The maximum atomic E-state index is 12.5. The van der Waals surface area contributed by atoms with E-state index in [4.69, 9.17) is 0 Å². The monoisotopic (exact) mass is 269 g/mol. The summed E-state index contributed by atoms with van der Waals surface area (Å²) in [6, 6.07) is 9.93. The van der Waals surface area contributed by atoms with E-state index in [1.807, 2.05) is 36.1 Å². The van der Waals surface area contributed by atoms with Crippen LogP contribution in [0.5, 0.6) is 0 Å². The molecule has 1 aromatic heterocycles. The van der Waals surface area contributed by atoms with Crippen molar-refractivity contribution in [2.75, 3.05) is 18.0 Å². The zero-order chi connectivity index (χ0) is 13.9. The number of piperidine rings is 1. The Kier molecular flexibility index (Phi) is 3.65. The van der Waals surface area contributed by atoms with Gasteiger partial charge in [0.1, 0.15) is 0 Å². The van der Waals surface area contributed by atoms with E-state index in [0.29, 0.717) is 0 Å². The van der Waals surface area contributed by atoms with Crippen molar-refractivity contribution in [3.63, 3.8) is 0 Å². The van der Waals surface area contributed by atoms with Gasteiger partial charge >= 0.3 is 0 Å². The van der Waals surface area contributed by atoms with Crippen LogP contribution >= 0.6 is 0 Å². The van der Waals surface area contributed by atoms with Gasteiger partial charge in [-0.3, -0.25) is 9.78 Å². The summed E-state index contributed by atoms with van der Waals surface area (Å²) in [6.45, 7) is 3.66. The van der Waals surface area contributed by atoms with Gasteiger partial charge in [-0.2, -0.15) is 0 Å². The number of likely N-dealkylation sites (N-methyl/N-ethyl adjacent to an activating group) is 1. The number of carbonyl (C=O) groups is 1. The highest BCUT2D eigenvalue weighted by Gasteiger charge is 2.28. The van der Waals surface area contributed by atoms with Gasteiger partial charge in [0.15, 0.2) is 0 Å². The second-order valence-corrected chi connectivity index (χ2v) is 5.12. The van der Waals surface area contributed by atoms with E-state index in [2.05, 4.69) is 16.4 Å². The van der Waals surface area contributed by atoms with Gasteiger partial charge in [-0.1, -0.05) is 13.0 Å². The summed E-state index contributed by atoms with van der Waals surface area (Å²) in [5.74, 6) is 0.182. The van der Waals surface area contributed by atoms with E-state index < -0.39 is 0 Å². The minimum atomic E-state index is -0.0432. The molecule has 1 aliphatic rings. The molecule has 104 valence electrons. The van der Waals surface area contributed by atoms with Crippen molar-refractivity contribution in [2.45, 2.75) is 25.8 Å². The molecule has 1 amide bonds. The Balaban J connectivity index is 1.91. The van der Waals surface area contributed by atoms with Gasteiger partial charge in [0.05, 0.1) is 11.6 Å². The van der Waals surface area contributed by atoms with Crippen molar-refractivity contribution in [3.05, 3.63) is 36.5 Å². The van der Waals surface area contributed by atoms with E-state index in [0.717, 1.165) is 42.5 Å². The lowest BCUT2D eigenvalue weighted by Gasteiger charge is -2.32. The van der Waals surface area contributed by atoms with E-state index >= 15 is 0 Å². The molecule has 1 unspecified atom stereocenters. The summed E-state index contributed by atoms with van der Waals surface area (Å²) in [6.07, 6.45) is 3.75. The van der Waals surface area contributed by atoms with Crippen LogP contribution in [-0.2, 0) is 4.79 Å². The molecule has 1 aliphatic heterocycles. The molecule has 0 spiro atoms. The molecule has 1 N–H and O–H groups in total. The van der Waals surface area contributed by atoms with Crippen LogP contribution in [0.25, 0.3) is 10.9 Å². The predicted octanol–water partition coefficient (Wildman–Crippen LogP) is 2.34. The third-order valence-corrected chi connectivity index (χ3v) is 3.79. The largest absolute Gasteiger partial charge is 0.311 e. The molecule has 2 heterocycles. The third kappa shape index (κ3) is 2.39. The first-order valence-electron chi connectivity index (χ1n) is 7.19. The fourth-order valence-corrected chi connectivity index (χ4v) is 2.80. The summed E-state index contributed by atoms with van der Waals surface area (Å²) >= 11 is 0. The van der Waals surface area contributed by atoms with Gasteiger partial charge in [-0.05, 0) is 43.7 Å². The zero-order valence-electron chi connectivity index (χ0n) is 11.7. The number of pyridine rings is 1. The van der Waals surface area contributed by atoms with Crippen molar-refractivity contribution >= 4 is 22.5 Å². The molecule has 0 aliphatic carbocycles. The van der Waals surface area contributed by atoms with Crippen LogP contribution < -0.4 is 10.2 Å². The van der Waals surface area contributed by atoms with Crippen molar-refractivity contribution < 1.29 is 4.79 Å². The third-order valence-electron chi connectivity index (χ3n) is 3.79. The standard InChI is InChI=1S/C16H19N3O/c1-2-17-15-6-4-10-19(16(15)20)13-7-8-14-12(11-13)5-3-9-18-14/h3,5,7-9,11,15,17H,2,4,6,10H2,1H3. The first-order chi connectivity index (χ1) is 9.79. The molecular weight excluding hydrogens is 250 g/mol. The Labute approximate surface area is 118 Å². The van der Waals surface area contributed by atoms with E-state index in [9.17, 15) is 4.79 Å². The molecule has 4 nitrogen and oxygen atoms in total. The molecule has 0 saturated carbocycles. The second-order valence-electron chi connectivity index (χ2n) is 5.12. The first-order valence-corrected chi connectivity index (χ1v) is 7.19. The van der Waals surface area contributed by atoms with Crippen LogP contribution in [0.3, 0.4) is 0 Å². The predicted molar refractivity (Wildman–Crippen MR) is 80.8 cm³/mol. The highest BCUT2D eigenvalue weighted by atomic mass is 16.2. The van der Waals surface area contributed by atoms with Gasteiger partial charge in [-0.25, -0.2) is 0 Å². The minimum Gasteiger partial charge on any atom is -0.311 e. The number of hydrogen-bond acceptors (Lipinski definition) is 3. The Hall–Kier alpha value is -1.94. The summed E-state index contributed by atoms with van der Waals surface area (Å²) in [7, 11) is 0. The van der Waals surface area contributed by atoms with E-state index in [1.165, 1.54) is 0 Å². The molecule has 1 saturated heterocycles. The van der Waals surface area contributed by atoms with Gasteiger partial charge in [0.25, 0.3) is 0 Å². The SMILES string of the molecule is CCNC1CCCN(c2ccc3ncccc3c2)C1=O. The summed E-state index contributed by atoms with van der Waals surface area (Å²) in [5.41, 5.74) is 1.93. The van der Waals surface area contributed by atoms with Crippen molar-refractivity contribution in [2.24, 2.45) is 0 Å². The first kappa shape index (κ1) is 13.1. The molecule has 20 heavy (non-hydrogen) atoms. The number of benzene rings is 1. The lowest BCUT2D eigenvalue weighted by Crippen LogP contribution is -2.50. The fraction of sp³-hybridized carbons (Fsp3) is 0.375. The Morgan fingerprint density at radius 1 is 1.40 bits per heavy atom. The average molecular weight is 269 g/mol. The highest BCUT2D eigenvalue weighted by Crippen LogP contribution is 2.24. The Morgan fingerprint density at radius 3 is 3.15 bits per heavy atom. The van der Waals surface area contributed by atoms with Crippen LogP contribution in [-0.4, -0.2) is 30.0 Å². The summed E-state index contributed by atoms with van der Waals surface area (Å²) < 4.78 is 0. The number of aromatic nitrogens is 1. The smallest absolute Gasteiger partial charge is 0.244 e. The Bertz CT molecular complexity index is 624. The molecule has 1 fully saturated rings. The zero-order valence-corrected chi connectivity index (χ0v) is 11.7. The number of anilines is 1. The maximum absolute atomic E-state index is 12.5. The fourth-order valence-electron chi connectivity index (χ4n) is 2.80. The molecule has 0 bridgehead atoms. The number of nitrogens with one attached hydrogen (secondary N) is 1. The molecule has 1 atom stereocenters. The quantitative estimate of drug-likeness (QED) is 0.930.